The monoisotopic (exact) mass is 346 g/mol. The molecule has 0 radical (unpaired) electrons. The molecule has 1 aliphatic heterocycles. The molecule has 0 aliphatic carbocycles. The number of nitrogens with one attached hydrogen (secondary N) is 1. The second-order valence-electron chi connectivity index (χ2n) is 5.84. The molecule has 0 aromatic carbocycles. The van der Waals surface area contributed by atoms with Crippen molar-refractivity contribution in [2.24, 2.45) is 0 Å². The number of halogens is 4. The smallest absolute Gasteiger partial charge is 0.338 e. The molecule has 3 heterocycles. The Morgan fingerprint density at radius 3 is 2.83 bits per heavy atom. The molecular weight excluding hydrogens is 328 g/mol. The van der Waals surface area contributed by atoms with E-state index in [1.54, 1.807) is 0 Å². The first-order valence-corrected chi connectivity index (χ1v) is 7.74. The molecular formula is C14H18F4N6. The largest absolute Gasteiger partial charge is 0.432 e. The van der Waals surface area contributed by atoms with Crippen molar-refractivity contribution in [3.63, 3.8) is 0 Å². The molecule has 1 atom stereocenters. The SMILES string of the molecule is FCCn1ncnc1CN1CCCC(c2ncc(C(F)(F)F)[nH]2)C1. The van der Waals surface area contributed by atoms with Crippen LogP contribution in [0.25, 0.3) is 0 Å². The van der Waals surface area contributed by atoms with Crippen LogP contribution in [0, 0.1) is 0 Å². The van der Waals surface area contributed by atoms with E-state index in [9.17, 15) is 17.6 Å². The molecule has 0 amide bonds. The predicted molar refractivity (Wildman–Crippen MR) is 76.8 cm³/mol. The number of nitrogens with zero attached hydrogens (tertiary/aromatic N) is 5. The molecule has 0 saturated carbocycles. The molecule has 10 heteroatoms. The van der Waals surface area contributed by atoms with Crippen LogP contribution in [-0.4, -0.2) is 49.4 Å². The lowest BCUT2D eigenvalue weighted by Crippen LogP contribution is -2.35. The van der Waals surface area contributed by atoms with Gasteiger partial charge in [-0.25, -0.2) is 19.0 Å². The van der Waals surface area contributed by atoms with E-state index < -0.39 is 18.5 Å². The lowest BCUT2D eigenvalue weighted by Gasteiger charge is -2.31. The molecule has 24 heavy (non-hydrogen) atoms. The van der Waals surface area contributed by atoms with Crippen LogP contribution in [-0.2, 0) is 19.3 Å². The van der Waals surface area contributed by atoms with Crippen molar-refractivity contribution in [3.05, 3.63) is 29.9 Å². The van der Waals surface area contributed by atoms with Gasteiger partial charge in [-0.2, -0.15) is 18.3 Å². The average Bonchev–Trinajstić information content (AvgIpc) is 3.18. The predicted octanol–water partition coefficient (Wildman–Crippen LogP) is 2.37. The Kier molecular flexibility index (Phi) is 4.83. The fraction of sp³-hybridized carbons (Fsp3) is 0.643. The van der Waals surface area contributed by atoms with Gasteiger partial charge in [-0.15, -0.1) is 0 Å². The van der Waals surface area contributed by atoms with Crippen molar-refractivity contribution >= 4 is 0 Å². The number of aryl methyl sites for hydroxylation is 1. The molecule has 2 aromatic rings. The summed E-state index contributed by atoms with van der Waals surface area (Å²) in [5, 5.41) is 3.97. The van der Waals surface area contributed by atoms with Gasteiger partial charge in [0.15, 0.2) is 0 Å². The summed E-state index contributed by atoms with van der Waals surface area (Å²) in [6.07, 6.45) is -0.564. The maximum Gasteiger partial charge on any atom is 0.432 e. The topological polar surface area (TPSA) is 62.6 Å². The number of hydrogen-bond acceptors (Lipinski definition) is 4. The first kappa shape index (κ1) is 16.9. The highest BCUT2D eigenvalue weighted by molar-refractivity contribution is 5.09. The number of aromatic amines is 1. The molecule has 1 unspecified atom stereocenters. The van der Waals surface area contributed by atoms with E-state index in [0.29, 0.717) is 24.7 Å². The van der Waals surface area contributed by atoms with Crippen LogP contribution in [0.15, 0.2) is 12.5 Å². The second-order valence-corrected chi connectivity index (χ2v) is 5.84. The third-order valence-electron chi connectivity index (χ3n) is 4.15. The molecule has 1 N–H and O–H groups in total. The van der Waals surface area contributed by atoms with Gasteiger partial charge < -0.3 is 4.98 Å². The third kappa shape index (κ3) is 3.74. The highest BCUT2D eigenvalue weighted by atomic mass is 19.4. The maximum absolute atomic E-state index is 12.7. The number of imidazole rings is 1. The zero-order valence-corrected chi connectivity index (χ0v) is 12.9. The lowest BCUT2D eigenvalue weighted by atomic mass is 9.97. The number of hydrogen-bond donors (Lipinski definition) is 1. The van der Waals surface area contributed by atoms with Gasteiger partial charge in [0, 0.05) is 12.5 Å². The first-order valence-electron chi connectivity index (χ1n) is 7.74. The van der Waals surface area contributed by atoms with E-state index in [1.165, 1.54) is 11.0 Å². The standard InChI is InChI=1S/C14H18F4N6/c15-3-5-24-12(20-9-21-24)8-23-4-1-2-10(7-23)13-19-6-11(22-13)14(16,17)18/h6,9-10H,1-5,7-8H2,(H,19,22). The first-order chi connectivity index (χ1) is 11.5. The van der Waals surface area contributed by atoms with Crippen molar-refractivity contribution < 1.29 is 17.6 Å². The van der Waals surface area contributed by atoms with Crippen LogP contribution in [0.5, 0.6) is 0 Å². The van der Waals surface area contributed by atoms with E-state index in [2.05, 4.69) is 25.0 Å². The van der Waals surface area contributed by atoms with Gasteiger partial charge >= 0.3 is 6.18 Å². The Bertz CT molecular complexity index is 664. The lowest BCUT2D eigenvalue weighted by molar-refractivity contribution is -0.141. The number of likely N-dealkylation sites (tertiary alicyclic amines) is 1. The molecule has 3 rings (SSSR count). The van der Waals surface area contributed by atoms with Gasteiger partial charge in [-0.3, -0.25) is 4.90 Å². The molecule has 1 aliphatic rings. The molecule has 0 spiro atoms. The summed E-state index contributed by atoms with van der Waals surface area (Å²) >= 11 is 0. The molecule has 1 saturated heterocycles. The van der Waals surface area contributed by atoms with Crippen LogP contribution in [0.2, 0.25) is 0 Å². The molecule has 132 valence electrons. The van der Waals surface area contributed by atoms with E-state index >= 15 is 0 Å². The minimum Gasteiger partial charge on any atom is -0.338 e. The van der Waals surface area contributed by atoms with Crippen LogP contribution in [0.1, 0.15) is 36.1 Å². The number of alkyl halides is 4. The molecule has 1 fully saturated rings. The summed E-state index contributed by atoms with van der Waals surface area (Å²) < 4.78 is 52.1. The Morgan fingerprint density at radius 2 is 2.12 bits per heavy atom. The summed E-state index contributed by atoms with van der Waals surface area (Å²) in [7, 11) is 0. The van der Waals surface area contributed by atoms with Gasteiger partial charge in [0.1, 0.15) is 30.3 Å². The zero-order valence-electron chi connectivity index (χ0n) is 12.9. The van der Waals surface area contributed by atoms with Crippen molar-refractivity contribution in [2.75, 3.05) is 19.8 Å². The van der Waals surface area contributed by atoms with Gasteiger partial charge in [-0.1, -0.05) is 0 Å². The minimum absolute atomic E-state index is 0.0904. The van der Waals surface area contributed by atoms with Crippen molar-refractivity contribution in [2.45, 2.75) is 38.0 Å². The van der Waals surface area contributed by atoms with Crippen molar-refractivity contribution in [1.29, 1.82) is 0 Å². The number of aromatic nitrogens is 5. The number of rotatable bonds is 5. The molecule has 6 nitrogen and oxygen atoms in total. The van der Waals surface area contributed by atoms with Crippen LogP contribution in [0.3, 0.4) is 0 Å². The number of piperidine rings is 1. The normalized spacial score (nSPS) is 19.8. The summed E-state index contributed by atoms with van der Waals surface area (Å²) in [4.78, 5) is 12.5. The zero-order chi connectivity index (χ0) is 17.2. The van der Waals surface area contributed by atoms with Crippen LogP contribution < -0.4 is 0 Å². The summed E-state index contributed by atoms with van der Waals surface area (Å²) in [5.41, 5.74) is -0.822. The van der Waals surface area contributed by atoms with Gasteiger partial charge in [0.2, 0.25) is 0 Å². The van der Waals surface area contributed by atoms with Gasteiger partial charge in [0.05, 0.1) is 19.3 Å². The summed E-state index contributed by atoms with van der Waals surface area (Å²) in [6.45, 7) is 1.51. The van der Waals surface area contributed by atoms with E-state index in [0.717, 1.165) is 25.6 Å². The summed E-state index contributed by atoms with van der Waals surface area (Å²) in [6, 6.07) is 0. The minimum atomic E-state index is -4.41. The molecule has 0 bridgehead atoms. The van der Waals surface area contributed by atoms with Crippen LogP contribution in [0.4, 0.5) is 17.6 Å². The highest BCUT2D eigenvalue weighted by Gasteiger charge is 2.34. The van der Waals surface area contributed by atoms with Crippen molar-refractivity contribution in [3.8, 4) is 0 Å². The highest BCUT2D eigenvalue weighted by Crippen LogP contribution is 2.31. The van der Waals surface area contributed by atoms with Gasteiger partial charge in [-0.05, 0) is 19.4 Å². The Hall–Kier alpha value is -1.97. The maximum atomic E-state index is 12.7. The van der Waals surface area contributed by atoms with E-state index in [1.807, 2.05) is 0 Å². The summed E-state index contributed by atoms with van der Waals surface area (Å²) in [5.74, 6) is 0.924. The second kappa shape index (κ2) is 6.88. The van der Waals surface area contributed by atoms with E-state index in [-0.39, 0.29) is 12.5 Å². The van der Waals surface area contributed by atoms with E-state index in [4.69, 9.17) is 0 Å². The van der Waals surface area contributed by atoms with Gasteiger partial charge in [0.25, 0.3) is 0 Å². The Labute approximate surface area is 135 Å². The Balaban J connectivity index is 1.66. The molecule has 2 aromatic heterocycles. The van der Waals surface area contributed by atoms with Crippen LogP contribution >= 0.6 is 0 Å². The quantitative estimate of drug-likeness (QED) is 0.845. The van der Waals surface area contributed by atoms with Crippen molar-refractivity contribution in [1.82, 2.24) is 29.6 Å². The fourth-order valence-electron chi connectivity index (χ4n) is 2.99. The average molecular weight is 346 g/mol. The Morgan fingerprint density at radius 1 is 1.29 bits per heavy atom. The fourth-order valence-corrected chi connectivity index (χ4v) is 2.99. The third-order valence-corrected chi connectivity index (χ3v) is 4.15. The number of H-pyrrole nitrogens is 1.